The number of nitrogens with two attached hydrogens (primary N) is 1. The monoisotopic (exact) mass is 280 g/mol. The summed E-state index contributed by atoms with van der Waals surface area (Å²) in [5.41, 5.74) is 7.35. The molecule has 0 saturated carbocycles. The maximum absolute atomic E-state index is 12.2. The highest BCUT2D eigenvalue weighted by Gasteiger charge is 2.32. The van der Waals surface area contributed by atoms with Gasteiger partial charge in [0.25, 0.3) is 0 Å². The average Bonchev–Trinajstić information content (AvgIpc) is 2.67. The summed E-state index contributed by atoms with van der Waals surface area (Å²) < 4.78 is 7.25. The van der Waals surface area contributed by atoms with Crippen LogP contribution < -0.4 is 5.73 Å². The number of aryl methyl sites for hydroxylation is 1. The molecule has 2 rings (SSSR count). The number of amides is 1. The van der Waals surface area contributed by atoms with Gasteiger partial charge < -0.3 is 15.4 Å². The van der Waals surface area contributed by atoms with Gasteiger partial charge in [-0.05, 0) is 33.7 Å². The largest absolute Gasteiger partial charge is 0.444 e. The molecule has 0 bridgehead atoms. The van der Waals surface area contributed by atoms with Crippen molar-refractivity contribution >= 4 is 6.09 Å². The van der Waals surface area contributed by atoms with Gasteiger partial charge in [-0.25, -0.2) is 4.79 Å². The molecule has 1 atom stereocenters. The molecule has 0 saturated heterocycles. The van der Waals surface area contributed by atoms with Crippen LogP contribution in [0.15, 0.2) is 6.20 Å². The van der Waals surface area contributed by atoms with Crippen molar-refractivity contribution < 1.29 is 9.53 Å². The zero-order valence-electron chi connectivity index (χ0n) is 12.7. The number of nitrogens with zero attached hydrogens (tertiary/aromatic N) is 3. The quantitative estimate of drug-likeness (QED) is 0.893. The van der Waals surface area contributed by atoms with Crippen molar-refractivity contribution in [3.05, 3.63) is 17.5 Å². The molecule has 112 valence electrons. The van der Waals surface area contributed by atoms with E-state index < -0.39 is 5.60 Å². The number of hydrogen-bond donors (Lipinski definition) is 1. The topological polar surface area (TPSA) is 73.4 Å². The minimum absolute atomic E-state index is 0.192. The van der Waals surface area contributed by atoms with Crippen molar-refractivity contribution in [3.63, 3.8) is 0 Å². The minimum atomic E-state index is -0.477. The molecule has 1 amide bonds. The van der Waals surface area contributed by atoms with Crippen LogP contribution >= 0.6 is 0 Å². The fourth-order valence-corrected chi connectivity index (χ4v) is 2.54. The van der Waals surface area contributed by atoms with Crippen LogP contribution in [0.3, 0.4) is 0 Å². The molecule has 1 aromatic heterocycles. The van der Waals surface area contributed by atoms with E-state index in [1.165, 1.54) is 0 Å². The van der Waals surface area contributed by atoms with Gasteiger partial charge in [0.05, 0.1) is 12.2 Å². The Hall–Kier alpha value is -1.56. The predicted molar refractivity (Wildman–Crippen MR) is 76.3 cm³/mol. The molecule has 0 radical (unpaired) electrons. The summed E-state index contributed by atoms with van der Waals surface area (Å²) in [6, 6.07) is 0. The summed E-state index contributed by atoms with van der Waals surface area (Å²) >= 11 is 0. The van der Waals surface area contributed by atoms with Gasteiger partial charge >= 0.3 is 6.09 Å². The lowest BCUT2D eigenvalue weighted by Crippen LogP contribution is -2.41. The third kappa shape index (κ3) is 3.30. The Morgan fingerprint density at radius 2 is 2.25 bits per heavy atom. The van der Waals surface area contributed by atoms with Gasteiger partial charge in [-0.2, -0.15) is 5.10 Å². The third-order valence-electron chi connectivity index (χ3n) is 3.29. The predicted octanol–water partition coefficient (Wildman–Crippen LogP) is 1.60. The number of hydrogen-bond acceptors (Lipinski definition) is 4. The van der Waals surface area contributed by atoms with E-state index in [0.29, 0.717) is 19.6 Å². The fraction of sp³-hybridized carbons (Fsp3) is 0.714. The van der Waals surface area contributed by atoms with Crippen molar-refractivity contribution in [2.75, 3.05) is 13.1 Å². The molecule has 0 aromatic carbocycles. The number of rotatable bonds is 2. The summed E-state index contributed by atoms with van der Waals surface area (Å²) in [4.78, 5) is 14.0. The first-order chi connectivity index (χ1) is 9.30. The highest BCUT2D eigenvalue weighted by atomic mass is 16.6. The molecule has 2 N–H and O–H groups in total. The average molecular weight is 280 g/mol. The van der Waals surface area contributed by atoms with Crippen LogP contribution in [0.1, 0.15) is 44.4 Å². The summed E-state index contributed by atoms with van der Waals surface area (Å²) in [5.74, 6) is 0.192. The number of fused-ring (bicyclic) bond motifs is 1. The van der Waals surface area contributed by atoms with Gasteiger partial charge in [0.15, 0.2) is 0 Å². The van der Waals surface area contributed by atoms with Crippen LogP contribution in [0.5, 0.6) is 0 Å². The lowest BCUT2D eigenvalue weighted by molar-refractivity contribution is 0.0203. The first-order valence-corrected chi connectivity index (χ1v) is 7.00. The third-order valence-corrected chi connectivity index (χ3v) is 3.29. The van der Waals surface area contributed by atoms with E-state index in [0.717, 1.165) is 17.7 Å². The van der Waals surface area contributed by atoms with Crippen LogP contribution in [0.4, 0.5) is 4.79 Å². The Morgan fingerprint density at radius 1 is 1.55 bits per heavy atom. The molecule has 1 aliphatic rings. The van der Waals surface area contributed by atoms with E-state index >= 15 is 0 Å². The summed E-state index contributed by atoms with van der Waals surface area (Å²) in [6.07, 6.45) is 2.52. The molecule has 1 aromatic rings. The molecule has 1 aliphatic heterocycles. The lowest BCUT2D eigenvalue weighted by atomic mass is 9.94. The second-order valence-electron chi connectivity index (χ2n) is 6.35. The van der Waals surface area contributed by atoms with Crippen molar-refractivity contribution in [3.8, 4) is 0 Å². The molecule has 0 fully saturated rings. The Morgan fingerprint density at radius 3 is 2.85 bits per heavy atom. The molecular formula is C14H24N4O2. The molecule has 6 heteroatoms. The minimum Gasteiger partial charge on any atom is -0.444 e. The standard InChI is InChI=1S/C14H24N4O2/c1-14(2,3)20-13(19)18-8-10(5-6-15)12-11(9-18)7-17(4)16-12/h7,10H,5-6,8-9,15H2,1-4H3. The number of carbonyl (C=O) groups is 1. The Labute approximate surface area is 119 Å². The second-order valence-corrected chi connectivity index (χ2v) is 6.35. The number of carbonyl (C=O) groups excluding carboxylic acids is 1. The maximum atomic E-state index is 12.2. The molecule has 0 aliphatic carbocycles. The van der Waals surface area contributed by atoms with Crippen LogP contribution in [0.25, 0.3) is 0 Å². The van der Waals surface area contributed by atoms with Crippen LogP contribution in [-0.4, -0.2) is 39.5 Å². The fourth-order valence-electron chi connectivity index (χ4n) is 2.54. The van der Waals surface area contributed by atoms with Crippen molar-refractivity contribution in [2.24, 2.45) is 12.8 Å². The molecule has 0 spiro atoms. The Kier molecular flexibility index (Phi) is 4.04. The smallest absolute Gasteiger partial charge is 0.410 e. The molecule has 6 nitrogen and oxygen atoms in total. The van der Waals surface area contributed by atoms with Gasteiger partial charge in [-0.3, -0.25) is 4.68 Å². The van der Waals surface area contributed by atoms with E-state index in [1.807, 2.05) is 34.0 Å². The first kappa shape index (κ1) is 14.8. The number of aromatic nitrogens is 2. The molecule has 2 heterocycles. The molecule has 1 unspecified atom stereocenters. The maximum Gasteiger partial charge on any atom is 0.410 e. The normalized spacial score (nSPS) is 18.9. The van der Waals surface area contributed by atoms with E-state index in [2.05, 4.69) is 5.10 Å². The van der Waals surface area contributed by atoms with Gasteiger partial charge in [0, 0.05) is 31.3 Å². The number of ether oxygens (including phenoxy) is 1. The van der Waals surface area contributed by atoms with Crippen LogP contribution in [0, 0.1) is 0 Å². The molecule has 20 heavy (non-hydrogen) atoms. The summed E-state index contributed by atoms with van der Waals surface area (Å²) in [5, 5.41) is 4.50. The highest BCUT2D eigenvalue weighted by molar-refractivity contribution is 5.68. The zero-order chi connectivity index (χ0) is 14.9. The Bertz CT molecular complexity index is 490. The van der Waals surface area contributed by atoms with Crippen LogP contribution in [0.2, 0.25) is 0 Å². The zero-order valence-corrected chi connectivity index (χ0v) is 12.7. The SMILES string of the molecule is Cn1cc2c(n1)C(CCN)CN(C(=O)OC(C)(C)C)C2. The summed E-state index contributed by atoms with van der Waals surface area (Å²) in [7, 11) is 1.90. The Balaban J connectivity index is 2.17. The van der Waals surface area contributed by atoms with Crippen molar-refractivity contribution in [1.82, 2.24) is 14.7 Å². The summed E-state index contributed by atoms with van der Waals surface area (Å²) in [6.45, 7) is 7.39. The van der Waals surface area contributed by atoms with Gasteiger partial charge in [0.2, 0.25) is 0 Å². The van der Waals surface area contributed by atoms with Gasteiger partial charge in [0.1, 0.15) is 5.60 Å². The van der Waals surface area contributed by atoms with E-state index in [-0.39, 0.29) is 12.0 Å². The highest BCUT2D eigenvalue weighted by Crippen LogP contribution is 2.30. The van der Waals surface area contributed by atoms with E-state index in [9.17, 15) is 4.79 Å². The van der Waals surface area contributed by atoms with Crippen LogP contribution in [-0.2, 0) is 18.3 Å². The lowest BCUT2D eigenvalue weighted by Gasteiger charge is -2.33. The van der Waals surface area contributed by atoms with Gasteiger partial charge in [-0.1, -0.05) is 0 Å². The van der Waals surface area contributed by atoms with E-state index in [4.69, 9.17) is 10.5 Å². The van der Waals surface area contributed by atoms with Crippen molar-refractivity contribution in [1.29, 1.82) is 0 Å². The first-order valence-electron chi connectivity index (χ1n) is 7.00. The molecular weight excluding hydrogens is 256 g/mol. The second kappa shape index (κ2) is 5.44. The van der Waals surface area contributed by atoms with E-state index in [1.54, 1.807) is 9.58 Å². The van der Waals surface area contributed by atoms with Gasteiger partial charge in [-0.15, -0.1) is 0 Å². The van der Waals surface area contributed by atoms with Crippen molar-refractivity contribution in [2.45, 2.75) is 45.3 Å².